The number of halogens is 2. The molecule has 0 aliphatic heterocycles. The summed E-state index contributed by atoms with van der Waals surface area (Å²) in [5, 5.41) is 12.1. The lowest BCUT2D eigenvalue weighted by atomic mass is 10.1. The topological polar surface area (TPSA) is 123 Å². The van der Waals surface area contributed by atoms with Crippen molar-refractivity contribution in [2.24, 2.45) is 0 Å². The first-order valence-corrected chi connectivity index (χ1v) is 13.7. The normalized spacial score (nSPS) is 11.4. The van der Waals surface area contributed by atoms with E-state index in [1.54, 1.807) is 19.1 Å². The minimum Gasteiger partial charge on any atom is -0.462 e. The van der Waals surface area contributed by atoms with Gasteiger partial charge in [0.2, 0.25) is 0 Å². The van der Waals surface area contributed by atoms with Crippen LogP contribution in [0.3, 0.4) is 0 Å². The smallest absolute Gasteiger partial charge is 0.339 e. The largest absolute Gasteiger partial charge is 0.462 e. The van der Waals surface area contributed by atoms with E-state index >= 15 is 0 Å². The SMILES string of the molecule is CCOC(=O)c1ccc(NC(=O)/C(C#N)=C/c2cc(Br)c(OS(=O)(=O)c3ccc(C)cc3)c(Br)c2)cc1. The van der Waals surface area contributed by atoms with Crippen molar-refractivity contribution in [1.29, 1.82) is 5.26 Å². The summed E-state index contributed by atoms with van der Waals surface area (Å²) in [5.74, 6) is -1.13. The molecule has 3 aromatic carbocycles. The van der Waals surface area contributed by atoms with E-state index in [0.717, 1.165) is 5.56 Å². The van der Waals surface area contributed by atoms with Crippen molar-refractivity contribution >= 4 is 65.6 Å². The third-order valence-corrected chi connectivity index (χ3v) is 7.27. The Hall–Kier alpha value is -3.46. The highest BCUT2D eigenvalue weighted by Crippen LogP contribution is 2.37. The Balaban J connectivity index is 1.79. The second-order valence-electron chi connectivity index (χ2n) is 7.59. The highest BCUT2D eigenvalue weighted by molar-refractivity contribution is 9.11. The number of aryl methyl sites for hydroxylation is 1. The van der Waals surface area contributed by atoms with Gasteiger partial charge in [0.1, 0.15) is 16.5 Å². The third kappa shape index (κ3) is 7.29. The minimum absolute atomic E-state index is 0.000372. The Morgan fingerprint density at radius 2 is 1.62 bits per heavy atom. The van der Waals surface area contributed by atoms with Gasteiger partial charge in [0.25, 0.3) is 5.91 Å². The zero-order valence-electron chi connectivity index (χ0n) is 19.6. The molecule has 0 aliphatic carbocycles. The number of anilines is 1. The van der Waals surface area contributed by atoms with E-state index in [1.807, 2.05) is 13.0 Å². The number of nitrogens with one attached hydrogen (secondary N) is 1. The van der Waals surface area contributed by atoms with Crippen molar-refractivity contribution in [3.05, 3.63) is 91.9 Å². The Kier molecular flexibility index (Phi) is 9.26. The average molecular weight is 648 g/mol. The van der Waals surface area contributed by atoms with Crippen LogP contribution in [-0.2, 0) is 19.6 Å². The summed E-state index contributed by atoms with van der Waals surface area (Å²) >= 11 is 6.59. The van der Waals surface area contributed by atoms with E-state index in [9.17, 15) is 23.3 Å². The molecule has 0 saturated heterocycles. The monoisotopic (exact) mass is 646 g/mol. The Morgan fingerprint density at radius 1 is 1.03 bits per heavy atom. The standard InChI is InChI=1S/C26H20Br2N2O6S/c1-3-35-26(32)18-6-8-20(9-7-18)30-25(31)19(15-29)12-17-13-22(27)24(23(28)14-17)36-37(33,34)21-10-4-16(2)5-11-21/h4-14H,3H2,1-2H3,(H,30,31)/b19-12+. The maximum Gasteiger partial charge on any atom is 0.339 e. The number of amides is 1. The van der Waals surface area contributed by atoms with Gasteiger partial charge in [-0.15, -0.1) is 0 Å². The number of ether oxygens (including phenoxy) is 1. The molecule has 1 amide bonds. The van der Waals surface area contributed by atoms with Gasteiger partial charge < -0.3 is 14.2 Å². The molecule has 0 aromatic heterocycles. The van der Waals surface area contributed by atoms with Crippen molar-refractivity contribution in [3.8, 4) is 11.8 Å². The molecule has 3 rings (SSSR count). The minimum atomic E-state index is -4.10. The van der Waals surface area contributed by atoms with E-state index in [0.29, 0.717) is 16.8 Å². The van der Waals surface area contributed by atoms with Crippen LogP contribution in [0.2, 0.25) is 0 Å². The van der Waals surface area contributed by atoms with Crippen LogP contribution in [0.4, 0.5) is 5.69 Å². The fourth-order valence-electron chi connectivity index (χ4n) is 3.02. The summed E-state index contributed by atoms with van der Waals surface area (Å²) in [6.07, 6.45) is 1.34. The van der Waals surface area contributed by atoms with Gasteiger partial charge >= 0.3 is 16.1 Å². The highest BCUT2D eigenvalue weighted by Gasteiger charge is 2.21. The molecule has 0 fully saturated rings. The van der Waals surface area contributed by atoms with Crippen LogP contribution in [-0.4, -0.2) is 26.9 Å². The zero-order valence-corrected chi connectivity index (χ0v) is 23.6. The fourth-order valence-corrected chi connectivity index (χ4v) is 5.59. The summed E-state index contributed by atoms with van der Waals surface area (Å²) in [6.45, 7) is 3.79. The molecular weight excluding hydrogens is 628 g/mol. The average Bonchev–Trinajstić information content (AvgIpc) is 2.85. The summed E-state index contributed by atoms with van der Waals surface area (Å²) in [6, 6.07) is 17.2. The van der Waals surface area contributed by atoms with Gasteiger partial charge in [-0.2, -0.15) is 13.7 Å². The van der Waals surface area contributed by atoms with Gasteiger partial charge in [0.15, 0.2) is 5.75 Å². The van der Waals surface area contributed by atoms with Crippen LogP contribution in [0.1, 0.15) is 28.4 Å². The second kappa shape index (κ2) is 12.2. The summed E-state index contributed by atoms with van der Waals surface area (Å²) in [7, 11) is -4.10. The summed E-state index contributed by atoms with van der Waals surface area (Å²) < 4.78 is 36.2. The molecule has 37 heavy (non-hydrogen) atoms. The first kappa shape index (κ1) is 28.1. The van der Waals surface area contributed by atoms with E-state index < -0.39 is 22.0 Å². The molecule has 0 spiro atoms. The molecule has 0 saturated carbocycles. The van der Waals surface area contributed by atoms with Crippen LogP contribution in [0.25, 0.3) is 6.08 Å². The maximum absolute atomic E-state index is 12.7. The first-order chi connectivity index (χ1) is 17.5. The molecule has 11 heteroatoms. The van der Waals surface area contributed by atoms with Crippen molar-refractivity contribution in [1.82, 2.24) is 0 Å². The summed E-state index contributed by atoms with van der Waals surface area (Å²) in [5.41, 5.74) is 1.85. The number of hydrogen-bond donors (Lipinski definition) is 1. The molecule has 8 nitrogen and oxygen atoms in total. The van der Waals surface area contributed by atoms with Gasteiger partial charge in [-0.25, -0.2) is 4.79 Å². The number of hydrogen-bond acceptors (Lipinski definition) is 7. The number of nitrogens with zero attached hydrogens (tertiary/aromatic N) is 1. The molecule has 0 atom stereocenters. The predicted molar refractivity (Wildman–Crippen MR) is 145 cm³/mol. The molecule has 0 heterocycles. The molecule has 0 unspecified atom stereocenters. The second-order valence-corrected chi connectivity index (χ2v) is 10.8. The van der Waals surface area contributed by atoms with Crippen LogP contribution in [0.15, 0.2) is 80.1 Å². The Morgan fingerprint density at radius 3 is 2.16 bits per heavy atom. The van der Waals surface area contributed by atoms with Crippen molar-refractivity contribution in [3.63, 3.8) is 0 Å². The van der Waals surface area contributed by atoms with Crippen molar-refractivity contribution < 1.29 is 26.9 Å². The molecule has 1 N–H and O–H groups in total. The first-order valence-electron chi connectivity index (χ1n) is 10.7. The lowest BCUT2D eigenvalue weighted by Gasteiger charge is -2.12. The molecular formula is C26H20Br2N2O6S. The number of benzene rings is 3. The van der Waals surface area contributed by atoms with Crippen LogP contribution in [0, 0.1) is 18.3 Å². The molecule has 190 valence electrons. The van der Waals surface area contributed by atoms with Crippen LogP contribution < -0.4 is 9.50 Å². The summed E-state index contributed by atoms with van der Waals surface area (Å²) in [4.78, 5) is 24.4. The van der Waals surface area contributed by atoms with Crippen LogP contribution in [0.5, 0.6) is 5.75 Å². The van der Waals surface area contributed by atoms with Gasteiger partial charge in [0.05, 0.1) is 21.1 Å². The van der Waals surface area contributed by atoms with Gasteiger partial charge in [0, 0.05) is 5.69 Å². The fraction of sp³-hybridized carbons (Fsp3) is 0.115. The zero-order chi connectivity index (χ0) is 27.2. The Bertz CT molecular complexity index is 1490. The number of rotatable bonds is 8. The lowest BCUT2D eigenvalue weighted by molar-refractivity contribution is -0.112. The molecule has 0 bridgehead atoms. The maximum atomic E-state index is 12.7. The number of carbonyl (C=O) groups excluding carboxylic acids is 2. The number of esters is 1. The van der Waals surface area contributed by atoms with E-state index in [4.69, 9.17) is 8.92 Å². The molecule has 0 radical (unpaired) electrons. The third-order valence-electron chi connectivity index (χ3n) is 4.85. The quantitative estimate of drug-likeness (QED) is 0.137. The van der Waals surface area contributed by atoms with E-state index in [1.165, 1.54) is 54.6 Å². The van der Waals surface area contributed by atoms with Crippen molar-refractivity contribution in [2.45, 2.75) is 18.7 Å². The predicted octanol–water partition coefficient (Wildman–Crippen LogP) is 6.01. The van der Waals surface area contributed by atoms with Crippen LogP contribution >= 0.6 is 31.9 Å². The van der Waals surface area contributed by atoms with Gasteiger partial charge in [-0.1, -0.05) is 17.7 Å². The van der Waals surface area contributed by atoms with E-state index in [-0.39, 0.29) is 31.8 Å². The number of carbonyl (C=O) groups is 2. The lowest BCUT2D eigenvalue weighted by Crippen LogP contribution is -2.13. The molecule has 3 aromatic rings. The van der Waals surface area contributed by atoms with Gasteiger partial charge in [-0.05, 0) is 106 Å². The Labute approximate surface area is 231 Å². The van der Waals surface area contributed by atoms with E-state index in [2.05, 4.69) is 37.2 Å². The highest BCUT2D eigenvalue weighted by atomic mass is 79.9. The molecule has 0 aliphatic rings. The number of nitriles is 1. The van der Waals surface area contributed by atoms with Gasteiger partial charge in [-0.3, -0.25) is 4.79 Å². The van der Waals surface area contributed by atoms with Crippen molar-refractivity contribution in [2.75, 3.05) is 11.9 Å².